The van der Waals surface area contributed by atoms with Crippen LogP contribution in [0.5, 0.6) is 0 Å². The zero-order valence-corrected chi connectivity index (χ0v) is 13.2. The van der Waals surface area contributed by atoms with E-state index in [4.69, 9.17) is 0 Å². The van der Waals surface area contributed by atoms with Crippen molar-refractivity contribution in [2.24, 2.45) is 0 Å². The quantitative estimate of drug-likeness (QED) is 0.918. The molecule has 1 heterocycles. The molecule has 5 nitrogen and oxygen atoms in total. The zero-order valence-electron chi connectivity index (χ0n) is 12.4. The van der Waals surface area contributed by atoms with Gasteiger partial charge in [-0.05, 0) is 37.6 Å². The van der Waals surface area contributed by atoms with E-state index in [-0.39, 0.29) is 10.9 Å². The van der Waals surface area contributed by atoms with Crippen molar-refractivity contribution in [1.29, 1.82) is 0 Å². The first kappa shape index (κ1) is 15.7. The van der Waals surface area contributed by atoms with Crippen LogP contribution in [0.15, 0.2) is 41.4 Å². The Morgan fingerprint density at radius 1 is 1.19 bits per heavy atom. The second-order valence-electron chi connectivity index (χ2n) is 5.44. The monoisotopic (exact) mass is 308 g/mol. The minimum atomic E-state index is -3.21. The van der Waals surface area contributed by atoms with Crippen LogP contribution in [0.2, 0.25) is 0 Å². The predicted molar refractivity (Wildman–Crippen MR) is 80.8 cm³/mol. The summed E-state index contributed by atoms with van der Waals surface area (Å²) in [5.74, 6) is 0. The van der Waals surface area contributed by atoms with E-state index in [1.165, 1.54) is 12.1 Å². The van der Waals surface area contributed by atoms with Gasteiger partial charge in [0.1, 0.15) is 0 Å². The van der Waals surface area contributed by atoms with Gasteiger partial charge in [0, 0.05) is 24.9 Å². The SMILES string of the molecule is CC(C)n1ccc(CC(O)c2ccc(S(C)(=O)=O)cc2)n1. The first-order valence-corrected chi connectivity index (χ1v) is 8.68. The summed E-state index contributed by atoms with van der Waals surface area (Å²) in [7, 11) is -3.21. The molecule has 0 aliphatic rings. The molecule has 0 saturated heterocycles. The summed E-state index contributed by atoms with van der Waals surface area (Å²) in [6.07, 6.45) is 2.75. The van der Waals surface area contributed by atoms with Crippen LogP contribution in [0.1, 0.15) is 37.3 Å². The van der Waals surface area contributed by atoms with Gasteiger partial charge in [0.15, 0.2) is 9.84 Å². The lowest BCUT2D eigenvalue weighted by Gasteiger charge is -2.10. The number of aromatic nitrogens is 2. The maximum atomic E-state index is 11.4. The largest absolute Gasteiger partial charge is 0.388 e. The van der Waals surface area contributed by atoms with E-state index >= 15 is 0 Å². The van der Waals surface area contributed by atoms with E-state index in [9.17, 15) is 13.5 Å². The van der Waals surface area contributed by atoms with Gasteiger partial charge >= 0.3 is 0 Å². The number of nitrogens with zero attached hydrogens (tertiary/aromatic N) is 2. The Bertz CT molecular complexity index is 703. The minimum absolute atomic E-state index is 0.252. The lowest BCUT2D eigenvalue weighted by atomic mass is 10.1. The molecule has 0 amide bonds. The van der Waals surface area contributed by atoms with Crippen molar-refractivity contribution in [3.63, 3.8) is 0 Å². The van der Waals surface area contributed by atoms with Crippen molar-refractivity contribution in [1.82, 2.24) is 9.78 Å². The van der Waals surface area contributed by atoms with Crippen LogP contribution < -0.4 is 0 Å². The molecule has 1 N–H and O–H groups in total. The van der Waals surface area contributed by atoms with Crippen LogP contribution in [0.4, 0.5) is 0 Å². The topological polar surface area (TPSA) is 72.2 Å². The first-order valence-electron chi connectivity index (χ1n) is 6.79. The Kier molecular flexibility index (Phi) is 4.49. The van der Waals surface area contributed by atoms with E-state index in [1.807, 2.05) is 30.8 Å². The van der Waals surface area contributed by atoms with Gasteiger partial charge < -0.3 is 5.11 Å². The lowest BCUT2D eigenvalue weighted by molar-refractivity contribution is 0.176. The van der Waals surface area contributed by atoms with E-state index in [1.54, 1.807) is 12.1 Å². The lowest BCUT2D eigenvalue weighted by Crippen LogP contribution is -2.06. The zero-order chi connectivity index (χ0) is 15.6. The number of sulfone groups is 1. The molecule has 114 valence electrons. The Balaban J connectivity index is 2.11. The molecule has 21 heavy (non-hydrogen) atoms. The molecule has 0 aliphatic heterocycles. The third-order valence-electron chi connectivity index (χ3n) is 3.29. The summed E-state index contributed by atoms with van der Waals surface area (Å²) >= 11 is 0. The molecule has 0 radical (unpaired) electrons. The third kappa shape index (κ3) is 3.92. The molecule has 0 bridgehead atoms. The number of rotatable bonds is 5. The molecular formula is C15H20N2O3S. The van der Waals surface area contributed by atoms with Crippen molar-refractivity contribution in [3.8, 4) is 0 Å². The van der Waals surface area contributed by atoms with Crippen LogP contribution in [0, 0.1) is 0 Å². The highest BCUT2D eigenvalue weighted by Gasteiger charge is 2.13. The van der Waals surface area contributed by atoms with Crippen molar-refractivity contribution in [3.05, 3.63) is 47.8 Å². The van der Waals surface area contributed by atoms with Gasteiger partial charge in [0.05, 0.1) is 16.7 Å². The molecule has 1 unspecified atom stereocenters. The van der Waals surface area contributed by atoms with Gasteiger partial charge in [0.2, 0.25) is 0 Å². The van der Waals surface area contributed by atoms with E-state index < -0.39 is 15.9 Å². The van der Waals surface area contributed by atoms with Crippen molar-refractivity contribution in [2.45, 2.75) is 37.3 Å². The van der Waals surface area contributed by atoms with Crippen LogP contribution in [0.3, 0.4) is 0 Å². The number of aliphatic hydroxyl groups is 1. The van der Waals surface area contributed by atoms with Crippen LogP contribution in [0.25, 0.3) is 0 Å². The van der Waals surface area contributed by atoms with Crippen LogP contribution >= 0.6 is 0 Å². The summed E-state index contributed by atoms with van der Waals surface area (Å²) < 4.78 is 24.6. The summed E-state index contributed by atoms with van der Waals surface area (Å²) in [6, 6.07) is 8.47. The molecule has 0 aliphatic carbocycles. The fourth-order valence-corrected chi connectivity index (χ4v) is 2.66. The molecule has 2 aromatic rings. The molecular weight excluding hydrogens is 288 g/mol. The fraction of sp³-hybridized carbons (Fsp3) is 0.400. The predicted octanol–water partition coefficient (Wildman–Crippen LogP) is 2.14. The second kappa shape index (κ2) is 5.99. The molecule has 1 aromatic heterocycles. The van der Waals surface area contributed by atoms with E-state index in [0.29, 0.717) is 12.0 Å². The molecule has 2 rings (SSSR count). The Morgan fingerprint density at radius 2 is 1.81 bits per heavy atom. The number of hydrogen-bond acceptors (Lipinski definition) is 4. The van der Waals surface area contributed by atoms with Gasteiger partial charge in [-0.3, -0.25) is 4.68 Å². The summed E-state index contributed by atoms with van der Waals surface area (Å²) in [5.41, 5.74) is 1.49. The summed E-state index contributed by atoms with van der Waals surface area (Å²) in [4.78, 5) is 0.252. The summed E-state index contributed by atoms with van der Waals surface area (Å²) in [6.45, 7) is 4.08. The molecule has 0 saturated carbocycles. The number of aliphatic hydroxyl groups excluding tert-OH is 1. The number of hydrogen-bond donors (Lipinski definition) is 1. The van der Waals surface area contributed by atoms with Crippen LogP contribution in [-0.4, -0.2) is 29.6 Å². The van der Waals surface area contributed by atoms with Gasteiger partial charge in [0.25, 0.3) is 0 Å². The van der Waals surface area contributed by atoms with E-state index in [0.717, 1.165) is 11.9 Å². The molecule has 6 heteroatoms. The van der Waals surface area contributed by atoms with Gasteiger partial charge in [-0.15, -0.1) is 0 Å². The molecule has 1 atom stereocenters. The molecule has 0 spiro atoms. The maximum Gasteiger partial charge on any atom is 0.175 e. The van der Waals surface area contributed by atoms with Gasteiger partial charge in [-0.1, -0.05) is 12.1 Å². The summed E-state index contributed by atoms with van der Waals surface area (Å²) in [5, 5.41) is 14.6. The van der Waals surface area contributed by atoms with Crippen molar-refractivity contribution in [2.75, 3.05) is 6.26 Å². The smallest absolute Gasteiger partial charge is 0.175 e. The molecule has 1 aromatic carbocycles. The van der Waals surface area contributed by atoms with Crippen LogP contribution in [-0.2, 0) is 16.3 Å². The Labute approximate surface area is 125 Å². The minimum Gasteiger partial charge on any atom is -0.388 e. The maximum absolute atomic E-state index is 11.4. The highest BCUT2D eigenvalue weighted by atomic mass is 32.2. The third-order valence-corrected chi connectivity index (χ3v) is 4.42. The van der Waals surface area contributed by atoms with Gasteiger partial charge in [-0.2, -0.15) is 5.10 Å². The van der Waals surface area contributed by atoms with Gasteiger partial charge in [-0.25, -0.2) is 8.42 Å². The highest BCUT2D eigenvalue weighted by molar-refractivity contribution is 7.90. The van der Waals surface area contributed by atoms with Crippen molar-refractivity contribution < 1.29 is 13.5 Å². The average molecular weight is 308 g/mol. The standard InChI is InChI=1S/C15H20N2O3S/c1-11(2)17-9-8-13(16-17)10-15(18)12-4-6-14(7-5-12)21(3,19)20/h4-9,11,15,18H,10H2,1-3H3. The average Bonchev–Trinajstić information content (AvgIpc) is 2.86. The fourth-order valence-electron chi connectivity index (χ4n) is 2.03. The Morgan fingerprint density at radius 3 is 2.29 bits per heavy atom. The first-order chi connectivity index (χ1) is 9.77. The highest BCUT2D eigenvalue weighted by Crippen LogP contribution is 2.20. The van der Waals surface area contributed by atoms with Crippen molar-refractivity contribution >= 4 is 9.84 Å². The number of benzene rings is 1. The normalized spacial score (nSPS) is 13.6. The Hall–Kier alpha value is -1.66. The second-order valence-corrected chi connectivity index (χ2v) is 7.46. The van der Waals surface area contributed by atoms with E-state index in [2.05, 4.69) is 5.10 Å². The molecule has 0 fully saturated rings.